The minimum absolute atomic E-state index is 0.568. The number of nitrogens with two attached hydrogens (primary N) is 1. The third-order valence-corrected chi connectivity index (χ3v) is 5.41. The molecule has 1 aromatic carbocycles. The highest BCUT2D eigenvalue weighted by Gasteiger charge is 2.29. The Morgan fingerprint density at radius 2 is 2.00 bits per heavy atom. The van der Waals surface area contributed by atoms with Crippen molar-refractivity contribution < 1.29 is 0 Å². The first-order chi connectivity index (χ1) is 8.76. The Hall–Kier alpha value is -0.510. The van der Waals surface area contributed by atoms with Crippen LogP contribution < -0.4 is 5.73 Å². The molecule has 2 aliphatic rings. The van der Waals surface area contributed by atoms with Crippen molar-refractivity contribution in [1.82, 2.24) is 4.90 Å². The van der Waals surface area contributed by atoms with Crippen LogP contribution in [0.5, 0.6) is 0 Å². The smallest absolute Gasteiger partial charge is 0.0348 e. The van der Waals surface area contributed by atoms with Crippen molar-refractivity contribution in [1.29, 1.82) is 0 Å². The summed E-state index contributed by atoms with van der Waals surface area (Å²) in [5.74, 6) is 0.667. The first-order valence-electron chi connectivity index (χ1n) is 6.93. The van der Waals surface area contributed by atoms with Gasteiger partial charge in [0.25, 0.3) is 0 Å². The predicted octanol–water partition coefficient (Wildman–Crippen LogP) is 2.89. The number of hydrogen-bond donors (Lipinski definition) is 1. The van der Waals surface area contributed by atoms with Crippen LogP contribution in [0.2, 0.25) is 0 Å². The number of benzene rings is 1. The molecule has 98 valence electrons. The molecule has 1 aliphatic heterocycles. The van der Waals surface area contributed by atoms with E-state index in [-0.39, 0.29) is 0 Å². The van der Waals surface area contributed by atoms with Crippen molar-refractivity contribution in [3.63, 3.8) is 0 Å². The van der Waals surface area contributed by atoms with Gasteiger partial charge >= 0.3 is 0 Å². The van der Waals surface area contributed by atoms with Crippen LogP contribution in [0.15, 0.2) is 29.2 Å². The van der Waals surface area contributed by atoms with Crippen LogP contribution in [0.25, 0.3) is 0 Å². The fraction of sp³-hybridized carbons (Fsp3) is 0.600. The Balaban J connectivity index is 1.68. The van der Waals surface area contributed by atoms with Crippen molar-refractivity contribution in [2.24, 2.45) is 11.7 Å². The third kappa shape index (κ3) is 2.73. The summed E-state index contributed by atoms with van der Waals surface area (Å²) in [6.07, 6.45) is 4.01. The molecule has 3 rings (SSSR count). The Labute approximate surface area is 114 Å². The highest BCUT2D eigenvalue weighted by atomic mass is 32.2. The van der Waals surface area contributed by atoms with E-state index in [9.17, 15) is 0 Å². The molecule has 1 saturated heterocycles. The second-order valence-corrected chi connectivity index (χ2v) is 7.05. The highest BCUT2D eigenvalue weighted by molar-refractivity contribution is 8.00. The van der Waals surface area contributed by atoms with Crippen LogP contribution in [0.1, 0.15) is 30.9 Å². The van der Waals surface area contributed by atoms with Crippen molar-refractivity contribution in [3.8, 4) is 0 Å². The standard InChI is InChI=1S/C15H22N2S/c1-17-10-11(9-16)8-15(17)12-2-4-13(5-3-12)18-14-6-7-14/h2-5,11,14-15H,6-10,16H2,1H3. The zero-order valence-electron chi connectivity index (χ0n) is 11.0. The van der Waals surface area contributed by atoms with Gasteiger partial charge in [0, 0.05) is 22.7 Å². The van der Waals surface area contributed by atoms with Gasteiger partial charge in [0.2, 0.25) is 0 Å². The molecule has 0 amide bonds. The van der Waals surface area contributed by atoms with E-state index in [0.717, 1.165) is 18.3 Å². The average molecular weight is 262 g/mol. The molecule has 2 unspecified atom stereocenters. The molecule has 1 aliphatic carbocycles. The number of rotatable bonds is 4. The Bertz CT molecular complexity index is 399. The molecular weight excluding hydrogens is 240 g/mol. The van der Waals surface area contributed by atoms with Crippen LogP contribution in [-0.4, -0.2) is 30.3 Å². The first kappa shape index (κ1) is 12.5. The fourth-order valence-electron chi connectivity index (χ4n) is 2.81. The summed E-state index contributed by atoms with van der Waals surface area (Å²) in [7, 11) is 2.22. The van der Waals surface area contributed by atoms with E-state index in [2.05, 4.69) is 36.2 Å². The summed E-state index contributed by atoms with van der Waals surface area (Å²) in [5, 5.41) is 0.895. The minimum atomic E-state index is 0.568. The number of likely N-dealkylation sites (tertiary alicyclic amines) is 1. The molecule has 0 bridgehead atoms. The van der Waals surface area contributed by atoms with Crippen LogP contribution >= 0.6 is 11.8 Å². The molecule has 1 saturated carbocycles. The predicted molar refractivity (Wildman–Crippen MR) is 77.9 cm³/mol. The molecule has 2 atom stereocenters. The summed E-state index contributed by atoms with van der Waals surface area (Å²) in [6, 6.07) is 9.78. The molecule has 18 heavy (non-hydrogen) atoms. The summed E-state index contributed by atoms with van der Waals surface area (Å²) < 4.78 is 0. The van der Waals surface area contributed by atoms with Gasteiger partial charge in [-0.25, -0.2) is 0 Å². The topological polar surface area (TPSA) is 29.3 Å². The zero-order valence-corrected chi connectivity index (χ0v) is 11.8. The lowest BCUT2D eigenvalue weighted by Gasteiger charge is -2.19. The molecule has 1 heterocycles. The lowest BCUT2D eigenvalue weighted by atomic mass is 10.00. The van der Waals surface area contributed by atoms with Gasteiger partial charge in [0.05, 0.1) is 0 Å². The zero-order chi connectivity index (χ0) is 12.5. The Morgan fingerprint density at radius 3 is 2.56 bits per heavy atom. The van der Waals surface area contributed by atoms with Crippen molar-refractivity contribution in [3.05, 3.63) is 29.8 Å². The Kier molecular flexibility index (Phi) is 3.64. The van der Waals surface area contributed by atoms with Crippen molar-refractivity contribution in [2.45, 2.75) is 35.4 Å². The van der Waals surface area contributed by atoms with E-state index in [0.29, 0.717) is 12.0 Å². The molecular formula is C15H22N2S. The summed E-state index contributed by atoms with van der Waals surface area (Å²) in [6.45, 7) is 1.95. The van der Waals surface area contributed by atoms with Crippen molar-refractivity contribution in [2.75, 3.05) is 20.1 Å². The largest absolute Gasteiger partial charge is 0.330 e. The van der Waals surface area contributed by atoms with Crippen LogP contribution in [0, 0.1) is 5.92 Å². The van der Waals surface area contributed by atoms with E-state index in [1.54, 1.807) is 0 Å². The van der Waals surface area contributed by atoms with E-state index in [1.165, 1.54) is 29.7 Å². The molecule has 2 fully saturated rings. The summed E-state index contributed by atoms with van der Waals surface area (Å²) >= 11 is 2.03. The monoisotopic (exact) mass is 262 g/mol. The van der Waals surface area contributed by atoms with Gasteiger partial charge in [0.1, 0.15) is 0 Å². The number of hydrogen-bond acceptors (Lipinski definition) is 3. The number of nitrogens with zero attached hydrogens (tertiary/aromatic N) is 1. The second-order valence-electron chi connectivity index (χ2n) is 5.68. The quantitative estimate of drug-likeness (QED) is 0.904. The van der Waals surface area contributed by atoms with Gasteiger partial charge in [-0.1, -0.05) is 12.1 Å². The Morgan fingerprint density at radius 1 is 1.28 bits per heavy atom. The third-order valence-electron chi connectivity index (χ3n) is 4.06. The minimum Gasteiger partial charge on any atom is -0.330 e. The summed E-state index contributed by atoms with van der Waals surface area (Å²) in [4.78, 5) is 3.87. The van der Waals surface area contributed by atoms with E-state index < -0.39 is 0 Å². The lowest BCUT2D eigenvalue weighted by molar-refractivity contribution is 0.313. The molecule has 3 heteroatoms. The number of thioether (sulfide) groups is 1. The van der Waals surface area contributed by atoms with E-state index >= 15 is 0 Å². The van der Waals surface area contributed by atoms with Gasteiger partial charge < -0.3 is 5.73 Å². The van der Waals surface area contributed by atoms with Gasteiger partial charge in [-0.2, -0.15) is 0 Å². The summed E-state index contributed by atoms with van der Waals surface area (Å²) in [5.41, 5.74) is 7.24. The second kappa shape index (κ2) is 5.24. The van der Waals surface area contributed by atoms with Crippen LogP contribution in [0.3, 0.4) is 0 Å². The maximum atomic E-state index is 5.79. The molecule has 0 radical (unpaired) electrons. The molecule has 1 aromatic rings. The first-order valence-corrected chi connectivity index (χ1v) is 7.81. The van der Waals surface area contributed by atoms with Crippen molar-refractivity contribution >= 4 is 11.8 Å². The molecule has 0 spiro atoms. The highest BCUT2D eigenvalue weighted by Crippen LogP contribution is 2.40. The molecule has 2 nitrogen and oxygen atoms in total. The molecule has 2 N–H and O–H groups in total. The van der Waals surface area contributed by atoms with Crippen LogP contribution in [0.4, 0.5) is 0 Å². The maximum Gasteiger partial charge on any atom is 0.0348 e. The van der Waals surface area contributed by atoms with E-state index in [1.807, 2.05) is 11.8 Å². The van der Waals surface area contributed by atoms with Crippen LogP contribution in [-0.2, 0) is 0 Å². The average Bonchev–Trinajstić information content (AvgIpc) is 3.11. The van der Waals surface area contributed by atoms with Gasteiger partial charge in [-0.05, 0) is 56.5 Å². The van der Waals surface area contributed by atoms with E-state index in [4.69, 9.17) is 5.73 Å². The van der Waals surface area contributed by atoms with Gasteiger partial charge in [-0.3, -0.25) is 4.90 Å². The van der Waals surface area contributed by atoms with Gasteiger partial charge in [-0.15, -0.1) is 11.8 Å². The van der Waals surface area contributed by atoms with Gasteiger partial charge in [0.15, 0.2) is 0 Å². The lowest BCUT2D eigenvalue weighted by Crippen LogP contribution is -2.20. The molecule has 0 aromatic heterocycles. The SMILES string of the molecule is CN1CC(CN)CC1c1ccc(SC2CC2)cc1. The maximum absolute atomic E-state index is 5.79. The fourth-order valence-corrected chi connectivity index (χ4v) is 3.86. The normalized spacial score (nSPS) is 28.8.